The molecule has 3 heterocycles. The molecule has 3 aromatic rings. The number of Topliss-reactive ketones (excluding diaryl/α,β-unsaturated/α-hetero) is 1. The van der Waals surface area contributed by atoms with Gasteiger partial charge >= 0.3 is 0 Å². The summed E-state index contributed by atoms with van der Waals surface area (Å²) >= 11 is 0. The van der Waals surface area contributed by atoms with Crippen LogP contribution in [-0.4, -0.2) is 27.0 Å². The number of rotatable bonds is 4. The van der Waals surface area contributed by atoms with E-state index in [2.05, 4.69) is 20.6 Å². The molecule has 0 fully saturated rings. The number of hydrogen-bond donors (Lipinski definition) is 4. The van der Waals surface area contributed by atoms with E-state index in [4.69, 9.17) is 17.5 Å². The zero-order chi connectivity index (χ0) is 19.7. The Hall–Kier alpha value is -3.76. The molecule has 10 nitrogen and oxygen atoms in total. The Bertz CT molecular complexity index is 1060. The van der Waals surface area contributed by atoms with E-state index in [1.54, 1.807) is 18.3 Å². The Labute approximate surface area is 160 Å². The number of para-hydroxylation sites is 1. The molecule has 0 aliphatic carbocycles. The first-order chi connectivity index (χ1) is 13.6. The van der Waals surface area contributed by atoms with Crippen molar-refractivity contribution in [2.45, 2.75) is 6.54 Å². The Kier molecular flexibility index (Phi) is 4.47. The SMILES string of the molecule is NN=Nc1cc(-c2c(Nc3ccccc3)c3c(n2N)CN(N)CC3=O)ccn1. The van der Waals surface area contributed by atoms with Crippen LogP contribution < -0.4 is 22.8 Å². The van der Waals surface area contributed by atoms with Gasteiger partial charge in [0, 0.05) is 17.4 Å². The number of benzene rings is 1. The highest BCUT2D eigenvalue weighted by atomic mass is 16.1. The van der Waals surface area contributed by atoms with Gasteiger partial charge in [0.1, 0.15) is 0 Å². The minimum atomic E-state index is -0.108. The average molecular weight is 377 g/mol. The quantitative estimate of drug-likeness (QED) is 0.307. The number of nitrogen functional groups attached to an aromatic ring is 1. The molecular formula is C18H19N9O. The number of carbonyl (C=O) groups is 1. The van der Waals surface area contributed by atoms with E-state index < -0.39 is 0 Å². The first-order valence-electron chi connectivity index (χ1n) is 8.53. The van der Waals surface area contributed by atoms with E-state index in [-0.39, 0.29) is 12.3 Å². The number of hydrogen-bond acceptors (Lipinski definition) is 8. The third kappa shape index (κ3) is 3.06. The van der Waals surface area contributed by atoms with Crippen molar-refractivity contribution in [1.82, 2.24) is 14.7 Å². The van der Waals surface area contributed by atoms with Crippen molar-refractivity contribution in [3.05, 3.63) is 59.9 Å². The summed E-state index contributed by atoms with van der Waals surface area (Å²) in [5.41, 5.74) is 3.94. The Balaban J connectivity index is 1.93. The van der Waals surface area contributed by atoms with Crippen LogP contribution in [0, 0.1) is 0 Å². The summed E-state index contributed by atoms with van der Waals surface area (Å²) in [5.74, 6) is 17.7. The fraction of sp³-hybridized carbons (Fsp3) is 0.111. The highest BCUT2D eigenvalue weighted by Gasteiger charge is 2.32. The smallest absolute Gasteiger partial charge is 0.182 e. The number of hydrazine groups is 1. The summed E-state index contributed by atoms with van der Waals surface area (Å²) < 4.78 is 1.48. The van der Waals surface area contributed by atoms with Gasteiger partial charge in [-0.05, 0) is 24.3 Å². The van der Waals surface area contributed by atoms with Crippen molar-refractivity contribution in [3.63, 3.8) is 0 Å². The molecule has 0 atom stereocenters. The number of nitrogens with one attached hydrogen (secondary N) is 1. The van der Waals surface area contributed by atoms with Gasteiger partial charge < -0.3 is 17.0 Å². The van der Waals surface area contributed by atoms with Crippen LogP contribution in [-0.2, 0) is 6.54 Å². The van der Waals surface area contributed by atoms with Gasteiger partial charge in [-0.3, -0.25) is 15.3 Å². The largest absolute Gasteiger partial charge is 0.353 e. The average Bonchev–Trinajstić information content (AvgIpc) is 2.95. The van der Waals surface area contributed by atoms with Crippen molar-refractivity contribution in [2.24, 2.45) is 22.0 Å². The lowest BCUT2D eigenvalue weighted by molar-refractivity contribution is 0.0900. The van der Waals surface area contributed by atoms with Gasteiger partial charge in [-0.15, -0.1) is 5.11 Å². The van der Waals surface area contributed by atoms with Gasteiger partial charge in [-0.2, -0.15) is 0 Å². The lowest BCUT2D eigenvalue weighted by Crippen LogP contribution is -2.41. The highest BCUT2D eigenvalue weighted by Crippen LogP contribution is 2.39. The number of anilines is 2. The molecule has 1 aromatic carbocycles. The molecule has 1 aliphatic rings. The van der Waals surface area contributed by atoms with Gasteiger partial charge in [0.2, 0.25) is 0 Å². The fourth-order valence-electron chi connectivity index (χ4n) is 3.36. The minimum Gasteiger partial charge on any atom is -0.353 e. The summed E-state index contributed by atoms with van der Waals surface area (Å²) in [6.07, 6.45) is 1.58. The third-order valence-electron chi connectivity index (χ3n) is 4.51. The number of nitrogens with two attached hydrogens (primary N) is 3. The molecule has 0 unspecified atom stereocenters. The van der Waals surface area contributed by atoms with Gasteiger partial charge in [0.25, 0.3) is 0 Å². The van der Waals surface area contributed by atoms with Crippen LogP contribution in [0.3, 0.4) is 0 Å². The van der Waals surface area contributed by atoms with Crippen molar-refractivity contribution in [1.29, 1.82) is 0 Å². The first-order valence-corrected chi connectivity index (χ1v) is 8.53. The van der Waals surface area contributed by atoms with Crippen molar-refractivity contribution in [3.8, 4) is 11.3 Å². The topological polar surface area (TPSA) is 153 Å². The van der Waals surface area contributed by atoms with E-state index in [0.29, 0.717) is 40.6 Å². The Morgan fingerprint density at radius 2 is 1.89 bits per heavy atom. The molecule has 2 aromatic heterocycles. The van der Waals surface area contributed by atoms with Crippen LogP contribution in [0.5, 0.6) is 0 Å². The van der Waals surface area contributed by atoms with Crippen LogP contribution in [0.15, 0.2) is 59.0 Å². The molecule has 0 spiro atoms. The van der Waals surface area contributed by atoms with E-state index >= 15 is 0 Å². The molecule has 0 saturated heterocycles. The summed E-state index contributed by atoms with van der Waals surface area (Å²) in [7, 11) is 0. The van der Waals surface area contributed by atoms with Crippen molar-refractivity contribution in [2.75, 3.05) is 17.7 Å². The van der Waals surface area contributed by atoms with Gasteiger partial charge in [0.15, 0.2) is 11.6 Å². The van der Waals surface area contributed by atoms with Gasteiger partial charge in [-0.1, -0.05) is 23.4 Å². The van der Waals surface area contributed by atoms with Crippen LogP contribution >= 0.6 is 0 Å². The van der Waals surface area contributed by atoms with Gasteiger partial charge in [-0.25, -0.2) is 9.99 Å². The first kappa shape index (κ1) is 17.6. The molecule has 1 aliphatic heterocycles. The molecule has 0 bridgehead atoms. The molecule has 10 heteroatoms. The molecule has 0 radical (unpaired) electrons. The van der Waals surface area contributed by atoms with E-state index in [0.717, 1.165) is 5.69 Å². The molecule has 4 rings (SSSR count). The number of ketones is 1. The maximum absolute atomic E-state index is 12.8. The Morgan fingerprint density at radius 3 is 2.64 bits per heavy atom. The van der Waals surface area contributed by atoms with Crippen molar-refractivity contribution < 1.29 is 4.79 Å². The second-order valence-electron chi connectivity index (χ2n) is 6.35. The van der Waals surface area contributed by atoms with Gasteiger partial charge in [0.05, 0.1) is 35.7 Å². The maximum Gasteiger partial charge on any atom is 0.182 e. The van der Waals surface area contributed by atoms with Crippen LogP contribution in [0.1, 0.15) is 16.1 Å². The molecular weight excluding hydrogens is 358 g/mol. The summed E-state index contributed by atoms with van der Waals surface area (Å²) in [4.78, 5) is 16.9. The Morgan fingerprint density at radius 1 is 1.11 bits per heavy atom. The van der Waals surface area contributed by atoms with Crippen LogP contribution in [0.4, 0.5) is 17.2 Å². The van der Waals surface area contributed by atoms with E-state index in [1.165, 1.54) is 9.69 Å². The number of aromatic nitrogens is 2. The molecule has 142 valence electrons. The predicted octanol–water partition coefficient (Wildman–Crippen LogP) is 1.84. The highest BCUT2D eigenvalue weighted by molar-refractivity contribution is 6.08. The molecule has 28 heavy (non-hydrogen) atoms. The zero-order valence-electron chi connectivity index (χ0n) is 14.9. The van der Waals surface area contributed by atoms with Crippen LogP contribution in [0.25, 0.3) is 11.3 Å². The lowest BCUT2D eigenvalue weighted by Gasteiger charge is -2.22. The van der Waals surface area contributed by atoms with Crippen molar-refractivity contribution >= 4 is 23.0 Å². The van der Waals surface area contributed by atoms with E-state index in [9.17, 15) is 4.79 Å². The monoisotopic (exact) mass is 377 g/mol. The second kappa shape index (κ2) is 7.10. The molecule has 0 amide bonds. The predicted molar refractivity (Wildman–Crippen MR) is 105 cm³/mol. The van der Waals surface area contributed by atoms with E-state index in [1.807, 2.05) is 30.3 Å². The standard InChI is InChI=1S/C18H19N9O/c19-25-24-15-8-11(6-7-22-15)18-17(23-12-4-2-1-3-5-12)16-13(27(18)21)9-26(20)10-14(16)28/h1-8,23H,9-10,20-21H2,(H2,19,22,24). The second-order valence-corrected chi connectivity index (χ2v) is 6.35. The third-order valence-corrected chi connectivity index (χ3v) is 4.51. The normalized spacial score (nSPS) is 14.4. The molecule has 0 saturated carbocycles. The lowest BCUT2D eigenvalue weighted by atomic mass is 10.0. The number of carbonyl (C=O) groups excluding carboxylic acids is 1. The minimum absolute atomic E-state index is 0.108. The number of fused-ring (bicyclic) bond motifs is 1. The van der Waals surface area contributed by atoms with Crippen LogP contribution in [0.2, 0.25) is 0 Å². The number of nitrogens with zero attached hydrogens (tertiary/aromatic N) is 5. The maximum atomic E-state index is 12.8. The summed E-state index contributed by atoms with van der Waals surface area (Å²) in [6, 6.07) is 13.0. The molecule has 7 N–H and O–H groups in total. The summed E-state index contributed by atoms with van der Waals surface area (Å²) in [5, 5.41) is 11.8. The zero-order valence-corrected chi connectivity index (χ0v) is 14.9. The summed E-state index contributed by atoms with van der Waals surface area (Å²) in [6.45, 7) is 0.463. The fourth-order valence-corrected chi connectivity index (χ4v) is 3.36. The number of pyridine rings is 1.